The Morgan fingerprint density at radius 2 is 1.50 bits per heavy atom. The Labute approximate surface area is 244 Å². The summed E-state index contributed by atoms with van der Waals surface area (Å²) in [6.45, 7) is 0.644. The normalized spacial score (nSPS) is 14.6. The Morgan fingerprint density at radius 3 is 2.25 bits per heavy atom. The topological polar surface area (TPSA) is 63.6 Å². The summed E-state index contributed by atoms with van der Waals surface area (Å²) >= 11 is 8.87. The van der Waals surface area contributed by atoms with Gasteiger partial charge in [0.2, 0.25) is 0 Å². The molecule has 6 nitrogen and oxygen atoms in total. The predicted octanol–water partition coefficient (Wildman–Crippen LogP) is 7.08. The van der Waals surface area contributed by atoms with Gasteiger partial charge in [-0.15, -0.1) is 0 Å². The van der Waals surface area contributed by atoms with Crippen molar-refractivity contribution in [2.75, 3.05) is 4.90 Å². The van der Waals surface area contributed by atoms with Gasteiger partial charge in [0.15, 0.2) is 5.11 Å². The van der Waals surface area contributed by atoms with Crippen LogP contribution < -0.4 is 15.0 Å². The largest absolute Gasteiger partial charge is 0.457 e. The van der Waals surface area contributed by atoms with Crippen LogP contribution in [-0.4, -0.2) is 21.5 Å². The number of ether oxygens (including phenoxy) is 1. The summed E-state index contributed by atoms with van der Waals surface area (Å²) in [5, 5.41) is 3.64. The number of thiocarbonyl (C=S) groups is 1. The smallest absolute Gasteiger partial charge is 0.270 e. The Balaban J connectivity index is 1.31. The van der Waals surface area contributed by atoms with Crippen molar-refractivity contribution in [3.8, 4) is 11.5 Å². The lowest BCUT2D eigenvalue weighted by Gasteiger charge is -2.29. The van der Waals surface area contributed by atoms with Gasteiger partial charge in [0.25, 0.3) is 11.8 Å². The number of carbonyl (C=O) groups excluding carboxylic acids is 2. The molecule has 5 aromatic rings. The minimum absolute atomic E-state index is 0.00440. The summed E-state index contributed by atoms with van der Waals surface area (Å²) in [5.74, 6) is 0.301. The van der Waals surface area contributed by atoms with Gasteiger partial charge in [-0.05, 0) is 78.5 Å². The van der Waals surface area contributed by atoms with E-state index >= 15 is 0 Å². The number of fused-ring (bicyclic) bond motifs is 1. The first kappa shape index (κ1) is 25.7. The van der Waals surface area contributed by atoms with Crippen LogP contribution >= 0.6 is 28.1 Å². The number of benzene rings is 4. The van der Waals surface area contributed by atoms with Crippen LogP contribution in [-0.2, 0) is 16.1 Å². The summed E-state index contributed by atoms with van der Waals surface area (Å²) in [4.78, 5) is 28.0. The average Bonchev–Trinajstić information content (AvgIpc) is 3.30. The fraction of sp³-hybridized carbons (Fsp3) is 0.0312. The van der Waals surface area contributed by atoms with Crippen molar-refractivity contribution < 1.29 is 14.3 Å². The summed E-state index contributed by atoms with van der Waals surface area (Å²) in [6.07, 6.45) is 3.60. The second-order valence-corrected chi connectivity index (χ2v) is 10.5. The highest BCUT2D eigenvalue weighted by atomic mass is 79.9. The molecule has 1 N–H and O–H groups in total. The molecule has 1 aliphatic rings. The summed E-state index contributed by atoms with van der Waals surface area (Å²) in [7, 11) is 0. The van der Waals surface area contributed by atoms with Gasteiger partial charge in [0.05, 0.1) is 5.69 Å². The van der Waals surface area contributed by atoms with Crippen LogP contribution in [0.25, 0.3) is 17.0 Å². The van der Waals surface area contributed by atoms with E-state index in [0.717, 1.165) is 26.5 Å². The molecule has 0 radical (unpaired) electrons. The summed E-state index contributed by atoms with van der Waals surface area (Å²) in [5.41, 5.74) is 3.43. The number of hydrogen-bond donors (Lipinski definition) is 1. The Hall–Kier alpha value is -4.53. The molecule has 8 heteroatoms. The van der Waals surface area contributed by atoms with Gasteiger partial charge in [-0.3, -0.25) is 19.8 Å². The standard InChI is InChI=1S/C32H22BrN3O3S/c33-23-12-10-21(11-13-23)19-35-20-22(27-8-4-5-9-29(27)35)18-28-30(37)34-32(40)36(31(28)38)24-14-16-26(17-15-24)39-25-6-2-1-3-7-25/h1-18,20H,19H2,(H,34,37,40). The van der Waals surface area contributed by atoms with Gasteiger partial charge in [-0.2, -0.15) is 0 Å². The zero-order valence-electron chi connectivity index (χ0n) is 21.1. The Kier molecular flexibility index (Phi) is 7.02. The lowest BCUT2D eigenvalue weighted by Crippen LogP contribution is -2.54. The SMILES string of the molecule is O=C1NC(=S)N(c2ccc(Oc3ccccc3)cc2)C(=O)C1=Cc1cn(Cc2ccc(Br)cc2)c2ccccc12. The molecule has 0 saturated carbocycles. The monoisotopic (exact) mass is 607 g/mol. The van der Waals surface area contributed by atoms with E-state index in [9.17, 15) is 9.59 Å². The molecule has 2 heterocycles. The number of hydrogen-bond acceptors (Lipinski definition) is 4. The highest BCUT2D eigenvalue weighted by Crippen LogP contribution is 2.29. The second-order valence-electron chi connectivity index (χ2n) is 9.22. The fourth-order valence-electron chi connectivity index (χ4n) is 4.64. The van der Waals surface area contributed by atoms with Crippen molar-refractivity contribution in [1.29, 1.82) is 0 Å². The number of rotatable bonds is 6. The van der Waals surface area contributed by atoms with Crippen molar-refractivity contribution in [3.05, 3.63) is 130 Å². The van der Waals surface area contributed by atoms with Crippen LogP contribution in [0.5, 0.6) is 11.5 Å². The molecule has 0 spiro atoms. The van der Waals surface area contributed by atoms with Crippen LogP contribution in [0.4, 0.5) is 5.69 Å². The first-order valence-corrected chi connectivity index (χ1v) is 13.7. The maximum absolute atomic E-state index is 13.7. The summed E-state index contributed by atoms with van der Waals surface area (Å²) < 4.78 is 8.99. The van der Waals surface area contributed by atoms with Gasteiger partial charge >= 0.3 is 0 Å². The van der Waals surface area contributed by atoms with Crippen LogP contribution in [0.1, 0.15) is 11.1 Å². The molecule has 1 saturated heterocycles. The van der Waals surface area contributed by atoms with Crippen LogP contribution in [0.2, 0.25) is 0 Å². The zero-order chi connectivity index (χ0) is 27.6. The zero-order valence-corrected chi connectivity index (χ0v) is 23.5. The maximum Gasteiger partial charge on any atom is 0.270 e. The number of nitrogens with one attached hydrogen (secondary N) is 1. The van der Waals surface area contributed by atoms with E-state index in [0.29, 0.717) is 23.7 Å². The molecule has 0 unspecified atom stereocenters. The number of anilines is 1. The third-order valence-corrected chi connectivity index (χ3v) is 7.37. The van der Waals surface area contributed by atoms with Crippen molar-refractivity contribution in [1.82, 2.24) is 9.88 Å². The van der Waals surface area contributed by atoms with E-state index in [1.165, 1.54) is 4.90 Å². The van der Waals surface area contributed by atoms with E-state index in [1.54, 1.807) is 30.3 Å². The molecular formula is C32H22BrN3O3S. The van der Waals surface area contributed by atoms with Gasteiger partial charge < -0.3 is 9.30 Å². The highest BCUT2D eigenvalue weighted by molar-refractivity contribution is 9.10. The molecule has 196 valence electrons. The molecule has 0 aliphatic carbocycles. The van der Waals surface area contributed by atoms with Crippen molar-refractivity contribution in [3.63, 3.8) is 0 Å². The van der Waals surface area contributed by atoms with Crippen LogP contribution in [0.15, 0.2) is 119 Å². The predicted molar refractivity (Wildman–Crippen MR) is 164 cm³/mol. The molecule has 40 heavy (non-hydrogen) atoms. The Morgan fingerprint density at radius 1 is 0.825 bits per heavy atom. The van der Waals surface area contributed by atoms with E-state index < -0.39 is 11.8 Å². The third-order valence-electron chi connectivity index (χ3n) is 6.56. The molecule has 6 rings (SSSR count). The van der Waals surface area contributed by atoms with E-state index in [2.05, 4.69) is 37.9 Å². The molecule has 1 aliphatic heterocycles. The fourth-order valence-corrected chi connectivity index (χ4v) is 5.19. The van der Waals surface area contributed by atoms with E-state index in [4.69, 9.17) is 17.0 Å². The number of amides is 2. The Bertz CT molecular complexity index is 1780. The van der Waals surface area contributed by atoms with Crippen molar-refractivity contribution in [2.45, 2.75) is 6.54 Å². The molecule has 4 aromatic carbocycles. The quantitative estimate of drug-likeness (QED) is 0.127. The van der Waals surface area contributed by atoms with Gasteiger partial charge in [-0.25, -0.2) is 0 Å². The lowest BCUT2D eigenvalue weighted by atomic mass is 10.1. The van der Waals surface area contributed by atoms with Gasteiger partial charge in [0, 0.05) is 33.7 Å². The maximum atomic E-state index is 13.7. The number of carbonyl (C=O) groups is 2. The number of aromatic nitrogens is 1. The first-order chi connectivity index (χ1) is 19.5. The number of nitrogens with zero attached hydrogens (tertiary/aromatic N) is 2. The molecule has 1 aromatic heterocycles. The molecule has 0 atom stereocenters. The average molecular weight is 609 g/mol. The van der Waals surface area contributed by atoms with Crippen LogP contribution in [0, 0.1) is 0 Å². The van der Waals surface area contributed by atoms with E-state index in [-0.39, 0.29) is 10.7 Å². The minimum atomic E-state index is -0.528. The van der Waals surface area contributed by atoms with Crippen molar-refractivity contribution >= 4 is 67.7 Å². The minimum Gasteiger partial charge on any atom is -0.457 e. The number of halogens is 1. The number of para-hydroxylation sites is 2. The first-order valence-electron chi connectivity index (χ1n) is 12.5. The second kappa shape index (κ2) is 10.9. The lowest BCUT2D eigenvalue weighted by molar-refractivity contribution is -0.122. The highest BCUT2D eigenvalue weighted by Gasteiger charge is 2.34. The van der Waals surface area contributed by atoms with Crippen LogP contribution in [0.3, 0.4) is 0 Å². The van der Waals surface area contributed by atoms with Crippen molar-refractivity contribution in [2.24, 2.45) is 0 Å². The molecule has 1 fully saturated rings. The van der Waals surface area contributed by atoms with E-state index in [1.807, 2.05) is 72.9 Å². The van der Waals surface area contributed by atoms with Gasteiger partial charge in [0.1, 0.15) is 17.1 Å². The molecule has 2 amide bonds. The third kappa shape index (κ3) is 5.19. The van der Waals surface area contributed by atoms with Gasteiger partial charge in [-0.1, -0.05) is 64.5 Å². The molecule has 0 bridgehead atoms. The summed E-state index contributed by atoms with van der Waals surface area (Å²) in [6, 6.07) is 32.5. The molecular weight excluding hydrogens is 586 g/mol.